The summed E-state index contributed by atoms with van der Waals surface area (Å²) in [6.07, 6.45) is 0. The average Bonchev–Trinajstić information content (AvgIpc) is 2.73. The van der Waals surface area contributed by atoms with E-state index in [1.165, 1.54) is 24.3 Å². The van der Waals surface area contributed by atoms with Crippen LogP contribution in [0.1, 0.15) is 0 Å². The normalized spacial score (nSPS) is 11.3. The molecule has 30 heavy (non-hydrogen) atoms. The summed E-state index contributed by atoms with van der Waals surface area (Å²) >= 11 is 0. The molecule has 0 aromatic heterocycles. The first-order chi connectivity index (χ1) is 14.6. The van der Waals surface area contributed by atoms with E-state index >= 15 is 0 Å². The molecular formula is C18H29N3O8S. The summed E-state index contributed by atoms with van der Waals surface area (Å²) in [4.78, 5) is 2.77. The average molecular weight is 448 g/mol. The second-order valence-corrected chi connectivity index (χ2v) is 7.94. The smallest absolute Gasteiger partial charge is 0.180 e. The van der Waals surface area contributed by atoms with Crippen molar-refractivity contribution in [1.29, 1.82) is 0 Å². The Balaban J connectivity index is 1.85. The van der Waals surface area contributed by atoms with Gasteiger partial charge in [0.05, 0.1) is 76.7 Å². The summed E-state index contributed by atoms with van der Waals surface area (Å²) in [5.74, 6) is -0.122. The lowest BCUT2D eigenvalue weighted by atomic mass is 10.3. The molecule has 0 saturated heterocycles. The van der Waals surface area contributed by atoms with E-state index in [2.05, 4.69) is 10.0 Å². The van der Waals surface area contributed by atoms with E-state index < -0.39 is 9.84 Å². The first-order valence-corrected chi connectivity index (χ1v) is 11.1. The molecule has 0 aliphatic heterocycles. The SMILES string of the molecule is [N-]=[N+]=NCCOCCOCCOCCOCCOCCS(=O)(=O)c1ccc(O)cc1. The third-order valence-corrected chi connectivity index (χ3v) is 5.27. The number of sulfone groups is 1. The summed E-state index contributed by atoms with van der Waals surface area (Å²) in [6, 6.07) is 5.39. The van der Waals surface area contributed by atoms with E-state index in [1.807, 2.05) is 0 Å². The zero-order valence-electron chi connectivity index (χ0n) is 16.8. The minimum Gasteiger partial charge on any atom is -0.508 e. The van der Waals surface area contributed by atoms with Crippen LogP contribution in [0.25, 0.3) is 10.4 Å². The van der Waals surface area contributed by atoms with Crippen molar-refractivity contribution in [1.82, 2.24) is 0 Å². The molecule has 0 aliphatic rings. The number of nitrogens with zero attached hydrogens (tertiary/aromatic N) is 3. The highest BCUT2D eigenvalue weighted by atomic mass is 32.2. The lowest BCUT2D eigenvalue weighted by Crippen LogP contribution is -2.16. The van der Waals surface area contributed by atoms with E-state index in [9.17, 15) is 13.5 Å². The second-order valence-electron chi connectivity index (χ2n) is 5.83. The Morgan fingerprint density at radius 3 is 1.67 bits per heavy atom. The maximum atomic E-state index is 12.1. The minimum absolute atomic E-state index is 0.0174. The highest BCUT2D eigenvalue weighted by Gasteiger charge is 2.13. The van der Waals surface area contributed by atoms with E-state index in [0.717, 1.165) is 0 Å². The van der Waals surface area contributed by atoms with Crippen LogP contribution < -0.4 is 0 Å². The van der Waals surface area contributed by atoms with Crippen molar-refractivity contribution in [2.24, 2.45) is 5.11 Å². The van der Waals surface area contributed by atoms with Crippen molar-refractivity contribution in [3.05, 3.63) is 34.7 Å². The minimum atomic E-state index is -3.43. The number of hydrogen-bond donors (Lipinski definition) is 1. The van der Waals surface area contributed by atoms with Gasteiger partial charge in [0.1, 0.15) is 5.75 Å². The van der Waals surface area contributed by atoms with Crippen LogP contribution in [-0.2, 0) is 33.5 Å². The predicted molar refractivity (Wildman–Crippen MR) is 108 cm³/mol. The Labute approximate surface area is 176 Å². The number of benzene rings is 1. The highest BCUT2D eigenvalue weighted by molar-refractivity contribution is 7.91. The van der Waals surface area contributed by atoms with E-state index in [-0.39, 0.29) is 29.6 Å². The molecule has 0 saturated carbocycles. The molecule has 0 heterocycles. The van der Waals surface area contributed by atoms with Crippen molar-refractivity contribution in [3.63, 3.8) is 0 Å². The van der Waals surface area contributed by atoms with Crippen LogP contribution in [0.5, 0.6) is 5.75 Å². The number of hydrogen-bond acceptors (Lipinski definition) is 9. The van der Waals surface area contributed by atoms with Gasteiger partial charge in [-0.05, 0) is 29.8 Å². The maximum absolute atomic E-state index is 12.1. The summed E-state index contributed by atoms with van der Waals surface area (Å²) in [5.41, 5.74) is 8.08. The van der Waals surface area contributed by atoms with Gasteiger partial charge < -0.3 is 28.8 Å². The van der Waals surface area contributed by atoms with Gasteiger partial charge in [0, 0.05) is 11.5 Å². The van der Waals surface area contributed by atoms with Gasteiger partial charge in [-0.3, -0.25) is 0 Å². The zero-order chi connectivity index (χ0) is 21.9. The first kappa shape index (κ1) is 26.1. The lowest BCUT2D eigenvalue weighted by molar-refractivity contribution is -0.00956. The van der Waals surface area contributed by atoms with Crippen LogP contribution in [0.4, 0.5) is 0 Å². The predicted octanol–water partition coefficient (Wildman–Crippen LogP) is 1.56. The van der Waals surface area contributed by atoms with E-state index in [1.54, 1.807) is 0 Å². The van der Waals surface area contributed by atoms with Crippen molar-refractivity contribution in [2.45, 2.75) is 4.90 Å². The molecule has 0 bridgehead atoms. The van der Waals surface area contributed by atoms with Gasteiger partial charge in [-0.25, -0.2) is 8.42 Å². The van der Waals surface area contributed by atoms with Gasteiger partial charge in [-0.15, -0.1) is 0 Å². The van der Waals surface area contributed by atoms with Gasteiger partial charge in [-0.2, -0.15) is 0 Å². The fourth-order valence-electron chi connectivity index (χ4n) is 2.07. The third kappa shape index (κ3) is 13.3. The summed E-state index contributed by atoms with van der Waals surface area (Å²) in [7, 11) is -3.43. The molecule has 0 aliphatic carbocycles. The van der Waals surface area contributed by atoms with Crippen LogP contribution in [0.15, 0.2) is 34.3 Å². The van der Waals surface area contributed by atoms with Crippen LogP contribution in [-0.4, -0.2) is 91.9 Å². The number of ether oxygens (including phenoxy) is 5. The summed E-state index contributed by atoms with van der Waals surface area (Å²) in [6.45, 7) is 3.94. The van der Waals surface area contributed by atoms with Gasteiger partial charge in [0.25, 0.3) is 0 Å². The number of rotatable bonds is 19. The Morgan fingerprint density at radius 1 is 0.767 bits per heavy atom. The fourth-order valence-corrected chi connectivity index (χ4v) is 3.20. The van der Waals surface area contributed by atoms with Crippen LogP contribution in [0.3, 0.4) is 0 Å². The molecule has 0 atom stereocenters. The van der Waals surface area contributed by atoms with Crippen LogP contribution in [0.2, 0.25) is 0 Å². The molecule has 0 unspecified atom stereocenters. The number of azide groups is 1. The van der Waals surface area contributed by atoms with Crippen LogP contribution >= 0.6 is 0 Å². The molecule has 1 rings (SSSR count). The Kier molecular flexibility index (Phi) is 14.7. The molecule has 0 amide bonds. The molecular weight excluding hydrogens is 418 g/mol. The van der Waals surface area contributed by atoms with Gasteiger partial charge in [-0.1, -0.05) is 5.11 Å². The highest BCUT2D eigenvalue weighted by Crippen LogP contribution is 2.15. The van der Waals surface area contributed by atoms with Crippen LogP contribution in [0, 0.1) is 0 Å². The van der Waals surface area contributed by atoms with Crippen molar-refractivity contribution >= 4 is 9.84 Å². The largest absolute Gasteiger partial charge is 0.508 e. The lowest BCUT2D eigenvalue weighted by Gasteiger charge is -2.08. The monoisotopic (exact) mass is 447 g/mol. The molecule has 1 aromatic carbocycles. The molecule has 1 aromatic rings. The van der Waals surface area contributed by atoms with Gasteiger partial charge in [0.2, 0.25) is 0 Å². The van der Waals surface area contributed by atoms with Crippen molar-refractivity contribution in [2.75, 3.05) is 78.4 Å². The molecule has 170 valence electrons. The number of aromatic hydroxyl groups is 1. The maximum Gasteiger partial charge on any atom is 0.180 e. The third-order valence-electron chi connectivity index (χ3n) is 3.58. The Morgan fingerprint density at radius 2 is 1.20 bits per heavy atom. The topological polar surface area (TPSA) is 149 Å². The fraction of sp³-hybridized carbons (Fsp3) is 0.667. The molecule has 12 heteroatoms. The number of phenolic OH excluding ortho intramolecular Hbond substituents is 1. The first-order valence-electron chi connectivity index (χ1n) is 9.47. The molecule has 11 nitrogen and oxygen atoms in total. The Hall–Kier alpha value is -1.92. The van der Waals surface area contributed by atoms with Gasteiger partial charge in [0.15, 0.2) is 9.84 Å². The zero-order valence-corrected chi connectivity index (χ0v) is 17.7. The molecule has 0 radical (unpaired) electrons. The van der Waals surface area contributed by atoms with Gasteiger partial charge >= 0.3 is 0 Å². The summed E-state index contributed by atoms with van der Waals surface area (Å²) < 4.78 is 50.6. The Bertz CT molecular complexity index is 709. The van der Waals surface area contributed by atoms with E-state index in [4.69, 9.17) is 29.2 Å². The molecule has 0 fully saturated rings. The standard InChI is InChI=1S/C18H29N3O8S/c19-21-20-5-6-25-7-8-26-9-10-27-11-12-28-13-14-29-15-16-30(23,24)18-3-1-17(22)2-4-18/h1-4,22H,5-16H2. The molecule has 0 spiro atoms. The molecule has 1 N–H and O–H groups in total. The van der Waals surface area contributed by atoms with E-state index in [0.29, 0.717) is 59.4 Å². The second kappa shape index (κ2) is 16.8. The summed E-state index contributed by atoms with van der Waals surface area (Å²) in [5, 5.41) is 12.5. The quantitative estimate of drug-likeness (QED) is 0.145. The van der Waals surface area contributed by atoms with Crippen molar-refractivity contribution in [3.8, 4) is 5.75 Å². The number of phenols is 1. The van der Waals surface area contributed by atoms with Crippen molar-refractivity contribution < 1.29 is 37.2 Å².